The fourth-order valence-electron chi connectivity index (χ4n) is 12.7. The molecule has 0 radical (unpaired) electrons. The molecular formula is C64H96N12O26. The quantitative estimate of drug-likeness (QED) is 0.0411. The Balaban J connectivity index is 1.12. The number of nitrogens with zero attached hydrogens (tertiary/aromatic N) is 3. The second-order valence-corrected chi connectivity index (χ2v) is 25.9. The molecular weight excluding hydrogens is 1350 g/mol. The number of unbranched alkanes of at least 4 members (excludes halogenated alkanes) is 6. The van der Waals surface area contributed by atoms with E-state index in [0.29, 0.717) is 18.4 Å². The summed E-state index contributed by atoms with van der Waals surface area (Å²) in [4.78, 5) is 112. The van der Waals surface area contributed by atoms with Crippen LogP contribution in [0.15, 0.2) is 64.6 Å². The Morgan fingerprint density at radius 1 is 0.598 bits per heavy atom. The number of carbonyl (C=O) groups is 7. The summed E-state index contributed by atoms with van der Waals surface area (Å²) in [5, 5.41) is 173. The smallest absolute Gasteiger partial charge is 0.246 e. The Morgan fingerprint density at radius 2 is 1.18 bits per heavy atom. The van der Waals surface area contributed by atoms with Gasteiger partial charge in [0.1, 0.15) is 121 Å². The van der Waals surface area contributed by atoms with Crippen molar-refractivity contribution in [3.8, 4) is 5.75 Å². The van der Waals surface area contributed by atoms with Gasteiger partial charge in [-0.15, -0.1) is 0 Å². The molecule has 25 unspecified atom stereocenters. The number of aliphatic hydroxyl groups is 14. The summed E-state index contributed by atoms with van der Waals surface area (Å²) >= 11 is 0. The number of carbonyl (C=O) groups excluding carboxylic acids is 7. The molecule has 0 aliphatic carbocycles. The summed E-state index contributed by atoms with van der Waals surface area (Å²) in [6, 6.07) is 0.488. The van der Waals surface area contributed by atoms with Crippen molar-refractivity contribution in [2.75, 3.05) is 46.1 Å². The van der Waals surface area contributed by atoms with Gasteiger partial charge < -0.3 is 143 Å². The minimum atomic E-state index is -2.41. The molecule has 4 fully saturated rings. The molecule has 0 spiro atoms. The van der Waals surface area contributed by atoms with Gasteiger partial charge in [-0.1, -0.05) is 94.8 Å². The Bertz CT molecular complexity index is 3180. The van der Waals surface area contributed by atoms with Crippen LogP contribution in [-0.2, 0) is 58.9 Å². The number of rotatable bonds is 25. The number of benzene rings is 2. The first kappa shape index (κ1) is 80.2. The van der Waals surface area contributed by atoms with E-state index in [4.69, 9.17) is 29.4 Å². The van der Waals surface area contributed by atoms with Crippen LogP contribution in [0.3, 0.4) is 0 Å². The van der Waals surface area contributed by atoms with Crippen LogP contribution in [0.2, 0.25) is 0 Å². The molecule has 6 aliphatic rings. The summed E-state index contributed by atoms with van der Waals surface area (Å²) in [6.45, 7) is -2.09. The van der Waals surface area contributed by atoms with E-state index in [2.05, 4.69) is 59.4 Å². The third-order valence-corrected chi connectivity index (χ3v) is 18.7. The lowest BCUT2D eigenvalue weighted by molar-refractivity contribution is -0.352. The molecule has 6 heterocycles. The zero-order valence-electron chi connectivity index (χ0n) is 56.0. The molecule has 38 nitrogen and oxygen atoms in total. The third kappa shape index (κ3) is 19.7. The third-order valence-electron chi connectivity index (χ3n) is 18.7. The standard InChI is InChI=1S/C64H96N12O26/c1-3-4-5-6-7-8-12-15-39(81)73-64-68-22-35(76(64)60-51(90)48(87)46(85)36(25-78)99-60)45(84)43-58(96)70-34(24-77)55(93)66-23-40(82)72-41(28(2)30-13-10-9-11-14-30)57(95)69-32(56(94)74-42(59(97)75-43)44(83)33-21-67-63(65)71-33)20-29-16-18-31(19-17-29)98-61-53(92)50(89)54(38(27-80)101-61)102-62-52(91)49(88)47(86)37(26-79)100-62/h9-11,13-14,16-19,28,32-38,41-54,60-62,77-80,83-92H,3-8,12,15,20-27H2,1-2H3,(H,66,93)(H,69,95)(H,70,96)(H,72,82)(H,74,94)(H,75,97)(H3,65,67,71)(H,68,73,81). The lowest BCUT2D eigenvalue weighted by atomic mass is 9.92. The molecule has 25 atom stereocenters. The maximum absolute atomic E-state index is 15.3. The molecule has 2 aromatic rings. The number of guanidine groups is 2. The maximum Gasteiger partial charge on any atom is 0.246 e. The van der Waals surface area contributed by atoms with Gasteiger partial charge in [0.25, 0.3) is 0 Å². The number of nitrogens with one attached hydrogen (secondary N) is 8. The van der Waals surface area contributed by atoms with E-state index in [1.807, 2.05) is 0 Å². The minimum absolute atomic E-state index is 0.0549. The zero-order valence-corrected chi connectivity index (χ0v) is 56.0. The minimum Gasteiger partial charge on any atom is -0.462 e. The Labute approximate surface area is 585 Å². The monoisotopic (exact) mass is 1450 g/mol. The Morgan fingerprint density at radius 3 is 1.81 bits per heavy atom. The highest BCUT2D eigenvalue weighted by Crippen LogP contribution is 2.33. The Kier molecular flexibility index (Phi) is 29.4. The van der Waals surface area contributed by atoms with Crippen molar-refractivity contribution in [1.82, 2.24) is 47.4 Å². The molecule has 7 amide bonds. The van der Waals surface area contributed by atoms with Gasteiger partial charge in [0.2, 0.25) is 53.6 Å². The van der Waals surface area contributed by atoms with Crippen molar-refractivity contribution in [1.29, 1.82) is 0 Å². The van der Waals surface area contributed by atoms with Gasteiger partial charge in [-0.25, -0.2) is 0 Å². The number of ether oxygens (including phenoxy) is 5. The number of nitrogens with two attached hydrogens (primary N) is 1. The SMILES string of the molecule is CCCCCCCCCC(=O)NC1=NCC(C(O)C2NC(=O)C(C(O)C3CN=C(N)N3)NC(=O)C(Cc3ccc(OC4OC(CO)C(OC5OC(CO)C(O)C(O)C5O)C(O)C4O)cc3)NC(=O)C(C(C)c3ccccc3)NC(=O)CNC(=O)C(CO)NC2=O)N1C1OC(CO)C(O)C(O)C1O. The molecule has 0 saturated carbocycles. The average Bonchev–Trinajstić information content (AvgIpc) is 1.59. The van der Waals surface area contributed by atoms with E-state index in [9.17, 15) is 95.5 Å². The summed E-state index contributed by atoms with van der Waals surface area (Å²) in [7, 11) is 0. The van der Waals surface area contributed by atoms with Crippen LogP contribution >= 0.6 is 0 Å². The molecule has 6 aliphatic heterocycles. The predicted molar refractivity (Wildman–Crippen MR) is 350 cm³/mol. The first-order valence-corrected chi connectivity index (χ1v) is 33.9. The van der Waals surface area contributed by atoms with Crippen LogP contribution in [0, 0.1) is 0 Å². The van der Waals surface area contributed by atoms with Gasteiger partial charge in [0.05, 0.1) is 58.1 Å². The maximum atomic E-state index is 15.3. The van der Waals surface area contributed by atoms with Crippen LogP contribution in [-0.4, -0.2) is 322 Å². The van der Waals surface area contributed by atoms with E-state index in [1.54, 1.807) is 37.3 Å². The second kappa shape index (κ2) is 37.3. The van der Waals surface area contributed by atoms with E-state index in [1.165, 1.54) is 24.3 Å². The van der Waals surface area contributed by atoms with Crippen molar-refractivity contribution in [2.24, 2.45) is 15.7 Å². The first-order valence-electron chi connectivity index (χ1n) is 33.9. The van der Waals surface area contributed by atoms with Crippen LogP contribution < -0.4 is 53.0 Å². The lowest BCUT2D eigenvalue weighted by Crippen LogP contribution is -2.70. The van der Waals surface area contributed by atoms with E-state index in [-0.39, 0.29) is 30.2 Å². The normalized spacial score (nSPS) is 34.7. The highest BCUT2D eigenvalue weighted by Gasteiger charge is 2.55. The molecule has 102 heavy (non-hydrogen) atoms. The fraction of sp³-hybridized carbons (Fsp3) is 0.672. The molecule has 568 valence electrons. The van der Waals surface area contributed by atoms with Crippen molar-refractivity contribution in [3.05, 3.63) is 65.7 Å². The number of hydrogen-bond donors (Lipinski definition) is 23. The van der Waals surface area contributed by atoms with Crippen LogP contribution in [0.1, 0.15) is 82.3 Å². The number of amides is 7. The molecule has 0 bridgehead atoms. The van der Waals surface area contributed by atoms with Crippen LogP contribution in [0.4, 0.5) is 0 Å². The Hall–Kier alpha value is -7.45. The molecule has 8 rings (SSSR count). The van der Waals surface area contributed by atoms with Crippen molar-refractivity contribution in [3.63, 3.8) is 0 Å². The van der Waals surface area contributed by atoms with Crippen molar-refractivity contribution in [2.45, 2.75) is 224 Å². The highest BCUT2D eigenvalue weighted by molar-refractivity contribution is 6.00. The van der Waals surface area contributed by atoms with E-state index >= 15 is 9.59 Å². The van der Waals surface area contributed by atoms with Gasteiger partial charge in [-0.3, -0.25) is 48.9 Å². The van der Waals surface area contributed by atoms with Crippen LogP contribution in [0.25, 0.3) is 0 Å². The van der Waals surface area contributed by atoms with Gasteiger partial charge in [0, 0.05) is 18.8 Å². The number of hydrogen-bond acceptors (Lipinski definition) is 31. The van der Waals surface area contributed by atoms with Gasteiger partial charge in [-0.05, 0) is 29.7 Å². The largest absolute Gasteiger partial charge is 0.462 e. The molecule has 2 aromatic carbocycles. The van der Waals surface area contributed by atoms with Gasteiger partial charge in [-0.2, -0.15) is 0 Å². The predicted octanol–water partition coefficient (Wildman–Crippen LogP) is -10.3. The highest BCUT2D eigenvalue weighted by atomic mass is 16.7. The van der Waals surface area contributed by atoms with Crippen LogP contribution in [0.5, 0.6) is 5.75 Å². The molecule has 24 N–H and O–H groups in total. The number of aliphatic imine (C=N–C) groups is 2. The first-order chi connectivity index (χ1) is 48.7. The molecule has 38 heteroatoms. The van der Waals surface area contributed by atoms with Crippen molar-refractivity contribution >= 4 is 53.3 Å². The molecule has 4 saturated heterocycles. The van der Waals surface area contributed by atoms with E-state index in [0.717, 1.165) is 37.0 Å². The van der Waals surface area contributed by atoms with Gasteiger partial charge >= 0.3 is 0 Å². The summed E-state index contributed by atoms with van der Waals surface area (Å²) in [6.07, 6.45) is -26.4. The zero-order chi connectivity index (χ0) is 74.2. The van der Waals surface area contributed by atoms with E-state index < -0.39 is 246 Å². The average molecular weight is 1450 g/mol. The summed E-state index contributed by atoms with van der Waals surface area (Å²) in [5.41, 5.74) is 6.65. The fourth-order valence-corrected chi connectivity index (χ4v) is 12.7. The van der Waals surface area contributed by atoms with Gasteiger partial charge in [0.15, 0.2) is 18.5 Å². The summed E-state index contributed by atoms with van der Waals surface area (Å²) < 4.78 is 28.6. The summed E-state index contributed by atoms with van der Waals surface area (Å²) in [5.74, 6) is -9.69. The molecule has 0 aromatic heterocycles. The lowest BCUT2D eigenvalue weighted by Gasteiger charge is -2.47. The second-order valence-electron chi connectivity index (χ2n) is 25.9. The van der Waals surface area contributed by atoms with Crippen molar-refractivity contribution < 1.29 is 129 Å². The topological polar surface area (TPSA) is 599 Å². The number of aliphatic hydroxyl groups excluding tert-OH is 14.